The van der Waals surface area contributed by atoms with Gasteiger partial charge in [-0.1, -0.05) is 0 Å². The van der Waals surface area contributed by atoms with Crippen molar-refractivity contribution in [3.8, 4) is 0 Å². The van der Waals surface area contributed by atoms with E-state index < -0.39 is 31.2 Å². The molecule has 18 N–H and O–H groups in total. The van der Waals surface area contributed by atoms with Gasteiger partial charge in [0.15, 0.2) is 0 Å². The minimum Gasteiger partial charge on any atom is -0.759 e. The average Bonchev–Trinajstić information content (AvgIpc) is 1.41. The molecule has 0 aromatic heterocycles. The van der Waals surface area contributed by atoms with Gasteiger partial charge in [0.25, 0.3) is 0 Å². The molecule has 0 fully saturated rings. The Morgan fingerprint density at radius 3 is 0.308 bits per heavy atom. The van der Waals surface area contributed by atoms with Gasteiger partial charge in [0, 0.05) is 68.3 Å². The van der Waals surface area contributed by atoms with E-state index in [4.69, 9.17) is 52.6 Å². The van der Waals surface area contributed by atoms with Crippen LogP contribution in [-0.2, 0) is 68.3 Å². The monoisotopic (exact) mass is 552 g/mol. The van der Waals surface area contributed by atoms with Crippen LogP contribution in [0, 0.1) is 0 Å². The van der Waals surface area contributed by atoms with Gasteiger partial charge in [-0.2, -0.15) is 0 Å². The van der Waals surface area contributed by atoms with Gasteiger partial charge in [-0.25, -0.2) is 0 Å². The maximum atomic E-state index is 8.52. The van der Waals surface area contributed by atoms with Gasteiger partial charge in [0.1, 0.15) is 0 Å². The molecule has 0 aromatic rings. The molecule has 0 heterocycles. The molecule has 0 unspecified atom stereocenters. The topological polar surface area (TPSA) is 524 Å². The fraction of sp³-hybridized carbons (Fsp3) is 0. The largest absolute Gasteiger partial charge is 0.759 e. The Hall–Kier alpha value is 0.419. The van der Waals surface area contributed by atoms with Crippen LogP contribution in [0.15, 0.2) is 0 Å². The SMILES string of the molecule is O.O.O.O.O.O.O.O.O.O=S(=O)([O-])[O-].O=S(=O)([O-])[O-].O=S(=O)([O-])[O-].[V].[V]. The summed E-state index contributed by atoms with van der Waals surface area (Å²) in [5.41, 5.74) is 0. The van der Waals surface area contributed by atoms with Gasteiger partial charge in [0.05, 0.1) is 0 Å². The zero-order chi connectivity index (χ0) is 13.5. The first-order valence-electron chi connectivity index (χ1n) is 2.00. The van der Waals surface area contributed by atoms with Gasteiger partial charge in [0.2, 0.25) is 0 Å². The molecule has 0 aromatic carbocycles. The molecule has 0 bridgehead atoms. The summed E-state index contributed by atoms with van der Waals surface area (Å²) in [6, 6.07) is 0. The molecule has 0 aliphatic rings. The smallest absolute Gasteiger partial charge is 0.0311 e. The summed E-state index contributed by atoms with van der Waals surface area (Å²) in [6.45, 7) is 0. The number of hydrogen-bond donors (Lipinski definition) is 0. The summed E-state index contributed by atoms with van der Waals surface area (Å²) in [7, 11) is -15.5. The van der Waals surface area contributed by atoms with Crippen molar-refractivity contribution in [2.24, 2.45) is 0 Å². The Balaban J connectivity index is -0.00000000571. The predicted octanol–water partition coefficient (Wildman–Crippen LogP) is -11.4. The number of rotatable bonds is 0. The van der Waals surface area contributed by atoms with Gasteiger partial charge in [-0.3, -0.25) is 25.3 Å². The van der Waals surface area contributed by atoms with Crippen molar-refractivity contribution in [2.45, 2.75) is 0 Å². The molecule has 26 heavy (non-hydrogen) atoms. The number of hydrogen-bond acceptors (Lipinski definition) is 12. The normalized spacial score (nSPS) is 6.69. The van der Waals surface area contributed by atoms with Crippen molar-refractivity contribution >= 4 is 31.2 Å². The van der Waals surface area contributed by atoms with E-state index in [0.29, 0.717) is 0 Å². The second-order valence-corrected chi connectivity index (χ2v) is 3.67. The van der Waals surface area contributed by atoms with Gasteiger partial charge in [-0.15, -0.1) is 0 Å². The van der Waals surface area contributed by atoms with Crippen LogP contribution in [0.1, 0.15) is 0 Å². The fourth-order valence-electron chi connectivity index (χ4n) is 0. The summed E-state index contributed by atoms with van der Waals surface area (Å²) >= 11 is 0. The molecular weight excluding hydrogens is 534 g/mol. The summed E-state index contributed by atoms with van der Waals surface area (Å²) < 4.78 is 102. The maximum absolute atomic E-state index is 8.52. The molecule has 178 valence electrons. The summed E-state index contributed by atoms with van der Waals surface area (Å²) in [4.78, 5) is 0. The maximum Gasteiger partial charge on any atom is 0.0311 e. The summed E-state index contributed by atoms with van der Waals surface area (Å²) in [6.07, 6.45) is 0. The Morgan fingerprint density at radius 1 is 0.308 bits per heavy atom. The van der Waals surface area contributed by atoms with Crippen molar-refractivity contribution in [3.05, 3.63) is 0 Å². The molecule has 0 amide bonds. The minimum absolute atomic E-state index is 0. The van der Waals surface area contributed by atoms with E-state index >= 15 is 0 Å². The van der Waals surface area contributed by atoms with Crippen LogP contribution in [0.3, 0.4) is 0 Å². The van der Waals surface area contributed by atoms with Crippen LogP contribution in [0.25, 0.3) is 0 Å². The van der Waals surface area contributed by atoms with Crippen LogP contribution in [0.5, 0.6) is 0 Å². The molecule has 26 heteroatoms. The average molecular weight is 552 g/mol. The zero-order valence-corrected chi connectivity index (χ0v) is 16.8. The molecule has 2 radical (unpaired) electrons. The van der Waals surface area contributed by atoms with Gasteiger partial charge in [-0.05, 0) is 0 Å². The molecule has 0 rings (SSSR count). The fourth-order valence-corrected chi connectivity index (χ4v) is 0. The summed E-state index contributed by atoms with van der Waals surface area (Å²) in [5.74, 6) is 0. The molecule has 0 aliphatic heterocycles. The third-order valence-corrected chi connectivity index (χ3v) is 0. The van der Waals surface area contributed by atoms with E-state index in [0.717, 1.165) is 0 Å². The van der Waals surface area contributed by atoms with Gasteiger partial charge >= 0.3 is 0 Å². The molecule has 0 atom stereocenters. The van der Waals surface area contributed by atoms with E-state index in [2.05, 4.69) is 0 Å². The van der Waals surface area contributed by atoms with E-state index in [9.17, 15) is 0 Å². The molecular formula is H18O21S3V2-6. The van der Waals surface area contributed by atoms with Crippen LogP contribution >= 0.6 is 0 Å². The van der Waals surface area contributed by atoms with E-state index in [1.54, 1.807) is 0 Å². The van der Waals surface area contributed by atoms with E-state index in [1.807, 2.05) is 0 Å². The van der Waals surface area contributed by atoms with Crippen LogP contribution in [0.4, 0.5) is 0 Å². The summed E-state index contributed by atoms with van der Waals surface area (Å²) in [5, 5.41) is 0. The first kappa shape index (κ1) is 111. The first-order valence-corrected chi connectivity index (χ1v) is 6.00. The van der Waals surface area contributed by atoms with Crippen LogP contribution in [-0.4, -0.2) is 102 Å². The van der Waals surface area contributed by atoms with Crippen molar-refractivity contribution in [1.82, 2.24) is 0 Å². The quantitative estimate of drug-likeness (QED) is 0.200. The second-order valence-electron chi connectivity index (χ2n) is 1.22. The van der Waals surface area contributed by atoms with Crippen LogP contribution < -0.4 is 0 Å². The third-order valence-electron chi connectivity index (χ3n) is 0. The van der Waals surface area contributed by atoms with E-state index in [-0.39, 0.29) is 86.4 Å². The second kappa shape index (κ2) is 44.7. The van der Waals surface area contributed by atoms with Crippen LogP contribution in [0.2, 0.25) is 0 Å². The Morgan fingerprint density at radius 2 is 0.308 bits per heavy atom. The molecule has 0 spiro atoms. The standard InChI is InChI=1S/3H2O4S.9H2O.2V/c3*1-5(2,3)4;;;;;;;;;;;/h3*(H2,1,2,3,4);9*1H2;;/p-6. The molecule has 0 saturated carbocycles. The Bertz CT molecular complexity index is 344. The zero-order valence-electron chi connectivity index (χ0n) is 11.5. The molecule has 0 aliphatic carbocycles. The van der Waals surface area contributed by atoms with E-state index in [1.165, 1.54) is 0 Å². The Labute approximate surface area is 170 Å². The predicted molar refractivity (Wildman–Crippen MR) is 63.9 cm³/mol. The first-order chi connectivity index (χ1) is 6.00. The minimum atomic E-state index is -5.17. The van der Waals surface area contributed by atoms with Crippen molar-refractivity contribution < 1.29 is 139 Å². The molecule has 0 saturated heterocycles. The van der Waals surface area contributed by atoms with Crippen molar-refractivity contribution in [1.29, 1.82) is 0 Å². The van der Waals surface area contributed by atoms with Crippen molar-refractivity contribution in [3.63, 3.8) is 0 Å². The van der Waals surface area contributed by atoms with Crippen molar-refractivity contribution in [2.75, 3.05) is 0 Å². The molecule has 21 nitrogen and oxygen atoms in total. The van der Waals surface area contributed by atoms with Gasteiger partial charge < -0.3 is 76.6 Å². The Kier molecular flexibility index (Phi) is 190. The third kappa shape index (κ3) is 76300.